The van der Waals surface area contributed by atoms with Gasteiger partial charge in [-0.3, -0.25) is 9.79 Å². The predicted octanol–water partition coefficient (Wildman–Crippen LogP) is 2.38. The van der Waals surface area contributed by atoms with Gasteiger partial charge >= 0.3 is 0 Å². The molecule has 0 aromatic heterocycles. The van der Waals surface area contributed by atoms with E-state index in [1.807, 2.05) is 4.90 Å². The standard InChI is InChI=1S/C18H34N4O/c1-14-6-8-16(9-7-14)21-18(19-3)20-11-10-17(23)22-12-4-5-15(2)13-22/h14-16H,4-13H2,1-3H3,(H2,19,20,21). The molecule has 0 bridgehead atoms. The van der Waals surface area contributed by atoms with Crippen LogP contribution in [0.5, 0.6) is 0 Å². The zero-order valence-electron chi connectivity index (χ0n) is 15.1. The first-order valence-electron chi connectivity index (χ1n) is 9.33. The van der Waals surface area contributed by atoms with Crippen LogP contribution in [0.1, 0.15) is 58.8 Å². The van der Waals surface area contributed by atoms with E-state index in [0.29, 0.717) is 24.9 Å². The Hall–Kier alpha value is -1.26. The van der Waals surface area contributed by atoms with E-state index in [1.165, 1.54) is 32.1 Å². The van der Waals surface area contributed by atoms with Crippen molar-refractivity contribution in [2.45, 2.75) is 64.8 Å². The van der Waals surface area contributed by atoms with Crippen LogP contribution >= 0.6 is 0 Å². The van der Waals surface area contributed by atoms with E-state index in [4.69, 9.17) is 0 Å². The molecule has 2 fully saturated rings. The molecule has 0 aromatic carbocycles. The number of carbonyl (C=O) groups is 1. The first-order chi connectivity index (χ1) is 11.1. The molecule has 1 atom stereocenters. The summed E-state index contributed by atoms with van der Waals surface area (Å²) in [5, 5.41) is 6.80. The maximum Gasteiger partial charge on any atom is 0.224 e. The summed E-state index contributed by atoms with van der Waals surface area (Å²) in [5.41, 5.74) is 0. The highest BCUT2D eigenvalue weighted by Gasteiger charge is 2.21. The monoisotopic (exact) mass is 322 g/mol. The van der Waals surface area contributed by atoms with Gasteiger partial charge in [0.1, 0.15) is 0 Å². The number of nitrogens with zero attached hydrogens (tertiary/aromatic N) is 2. The van der Waals surface area contributed by atoms with Gasteiger partial charge in [0.2, 0.25) is 5.91 Å². The third kappa shape index (κ3) is 6.04. The lowest BCUT2D eigenvalue weighted by Crippen LogP contribution is -2.46. The normalized spacial score (nSPS) is 29.3. The first kappa shape index (κ1) is 18.1. The third-order valence-electron chi connectivity index (χ3n) is 5.22. The van der Waals surface area contributed by atoms with E-state index in [2.05, 4.69) is 29.5 Å². The number of amides is 1. The van der Waals surface area contributed by atoms with Crippen molar-refractivity contribution >= 4 is 11.9 Å². The van der Waals surface area contributed by atoms with Crippen molar-refractivity contribution in [2.24, 2.45) is 16.8 Å². The summed E-state index contributed by atoms with van der Waals surface area (Å²) in [5.74, 6) is 2.60. The van der Waals surface area contributed by atoms with E-state index in [-0.39, 0.29) is 5.91 Å². The molecule has 1 heterocycles. The minimum Gasteiger partial charge on any atom is -0.356 e. The fourth-order valence-electron chi connectivity index (χ4n) is 3.65. The van der Waals surface area contributed by atoms with Gasteiger partial charge in [0.05, 0.1) is 0 Å². The number of guanidine groups is 1. The average molecular weight is 322 g/mol. The van der Waals surface area contributed by atoms with Crippen molar-refractivity contribution in [3.05, 3.63) is 0 Å². The zero-order valence-corrected chi connectivity index (χ0v) is 15.1. The smallest absolute Gasteiger partial charge is 0.224 e. The van der Waals surface area contributed by atoms with Gasteiger partial charge in [-0.15, -0.1) is 0 Å². The van der Waals surface area contributed by atoms with Crippen molar-refractivity contribution < 1.29 is 4.79 Å². The summed E-state index contributed by atoms with van der Waals surface area (Å²) in [4.78, 5) is 18.6. The number of carbonyl (C=O) groups excluding carboxylic acids is 1. The fraction of sp³-hybridized carbons (Fsp3) is 0.889. The molecule has 1 saturated heterocycles. The topological polar surface area (TPSA) is 56.7 Å². The number of hydrogen-bond acceptors (Lipinski definition) is 2. The van der Waals surface area contributed by atoms with Crippen LogP contribution in [0.15, 0.2) is 4.99 Å². The van der Waals surface area contributed by atoms with Crippen molar-refractivity contribution in [3.8, 4) is 0 Å². The quantitative estimate of drug-likeness (QED) is 0.617. The maximum atomic E-state index is 12.3. The number of rotatable bonds is 4. The number of piperidine rings is 1. The molecule has 5 heteroatoms. The lowest BCUT2D eigenvalue weighted by Gasteiger charge is -2.31. The molecule has 23 heavy (non-hydrogen) atoms. The average Bonchev–Trinajstić information content (AvgIpc) is 2.55. The first-order valence-corrected chi connectivity index (χ1v) is 9.33. The van der Waals surface area contributed by atoms with E-state index in [9.17, 15) is 4.79 Å². The molecule has 1 aliphatic carbocycles. The molecule has 0 spiro atoms. The van der Waals surface area contributed by atoms with Crippen LogP contribution in [0.4, 0.5) is 0 Å². The van der Waals surface area contributed by atoms with E-state index in [1.54, 1.807) is 7.05 Å². The molecule has 5 nitrogen and oxygen atoms in total. The Morgan fingerprint density at radius 2 is 1.87 bits per heavy atom. The number of likely N-dealkylation sites (tertiary alicyclic amines) is 1. The Kier molecular flexibility index (Phi) is 7.18. The van der Waals surface area contributed by atoms with Gasteiger partial charge in [0.25, 0.3) is 0 Å². The summed E-state index contributed by atoms with van der Waals surface area (Å²) < 4.78 is 0. The van der Waals surface area contributed by atoms with Gasteiger partial charge in [-0.1, -0.05) is 13.8 Å². The van der Waals surface area contributed by atoms with Crippen LogP contribution in [0.2, 0.25) is 0 Å². The summed E-state index contributed by atoms with van der Waals surface area (Å²) >= 11 is 0. The lowest BCUT2D eigenvalue weighted by atomic mass is 9.87. The summed E-state index contributed by atoms with van der Waals surface area (Å²) in [7, 11) is 1.80. The van der Waals surface area contributed by atoms with Crippen molar-refractivity contribution in [2.75, 3.05) is 26.7 Å². The third-order valence-corrected chi connectivity index (χ3v) is 5.22. The summed E-state index contributed by atoms with van der Waals surface area (Å²) in [6, 6.07) is 0.524. The van der Waals surface area contributed by atoms with Gasteiger partial charge in [0, 0.05) is 39.1 Å². The van der Waals surface area contributed by atoms with Crippen LogP contribution in [0.3, 0.4) is 0 Å². The number of hydrogen-bond donors (Lipinski definition) is 2. The Morgan fingerprint density at radius 1 is 1.13 bits per heavy atom. The van der Waals surface area contributed by atoms with Crippen LogP contribution in [0.25, 0.3) is 0 Å². The summed E-state index contributed by atoms with van der Waals surface area (Å²) in [6.45, 7) is 7.07. The second kappa shape index (κ2) is 9.14. The van der Waals surface area contributed by atoms with Crippen molar-refractivity contribution in [1.82, 2.24) is 15.5 Å². The zero-order chi connectivity index (χ0) is 16.7. The predicted molar refractivity (Wildman–Crippen MR) is 95.5 cm³/mol. The van der Waals surface area contributed by atoms with Crippen LogP contribution in [-0.2, 0) is 4.79 Å². The van der Waals surface area contributed by atoms with Gasteiger partial charge in [-0.2, -0.15) is 0 Å². The van der Waals surface area contributed by atoms with E-state index in [0.717, 1.165) is 31.4 Å². The van der Waals surface area contributed by atoms with Crippen LogP contribution < -0.4 is 10.6 Å². The molecule has 0 radical (unpaired) electrons. The molecule has 2 aliphatic rings. The second-order valence-electron chi connectivity index (χ2n) is 7.44. The second-order valence-corrected chi connectivity index (χ2v) is 7.44. The highest BCUT2D eigenvalue weighted by molar-refractivity contribution is 5.81. The molecular weight excluding hydrogens is 288 g/mol. The molecule has 1 aliphatic heterocycles. The Morgan fingerprint density at radius 3 is 2.52 bits per heavy atom. The Balaban J connectivity index is 1.66. The number of nitrogens with one attached hydrogen (secondary N) is 2. The van der Waals surface area contributed by atoms with Crippen LogP contribution in [-0.4, -0.2) is 49.5 Å². The fourth-order valence-corrected chi connectivity index (χ4v) is 3.65. The minimum atomic E-state index is 0.269. The lowest BCUT2D eigenvalue weighted by molar-refractivity contribution is -0.132. The molecule has 1 amide bonds. The molecular formula is C18H34N4O. The van der Waals surface area contributed by atoms with Gasteiger partial charge in [-0.05, 0) is 50.4 Å². The summed E-state index contributed by atoms with van der Waals surface area (Å²) in [6.07, 6.45) is 7.96. The Bertz CT molecular complexity index is 402. The van der Waals surface area contributed by atoms with Crippen molar-refractivity contribution in [3.63, 3.8) is 0 Å². The molecule has 0 aromatic rings. The highest BCUT2D eigenvalue weighted by Crippen LogP contribution is 2.23. The van der Waals surface area contributed by atoms with Crippen LogP contribution in [0, 0.1) is 11.8 Å². The molecule has 2 rings (SSSR count). The Labute approximate surface area is 141 Å². The van der Waals surface area contributed by atoms with Gasteiger partial charge in [0.15, 0.2) is 5.96 Å². The van der Waals surface area contributed by atoms with Gasteiger partial charge < -0.3 is 15.5 Å². The van der Waals surface area contributed by atoms with E-state index >= 15 is 0 Å². The minimum absolute atomic E-state index is 0.269. The largest absolute Gasteiger partial charge is 0.356 e. The SMILES string of the molecule is CN=C(NCCC(=O)N1CCCC(C)C1)NC1CCC(C)CC1. The number of aliphatic imine (C=N–C) groups is 1. The molecule has 132 valence electrons. The van der Waals surface area contributed by atoms with Gasteiger partial charge in [-0.25, -0.2) is 0 Å². The molecule has 1 unspecified atom stereocenters. The highest BCUT2D eigenvalue weighted by atomic mass is 16.2. The van der Waals surface area contributed by atoms with Crippen molar-refractivity contribution in [1.29, 1.82) is 0 Å². The molecule has 1 saturated carbocycles. The molecule has 2 N–H and O–H groups in total. The maximum absolute atomic E-state index is 12.3. The van der Waals surface area contributed by atoms with E-state index < -0.39 is 0 Å².